The molecule has 0 aromatic heterocycles. The van der Waals surface area contributed by atoms with E-state index < -0.39 is 60.5 Å². The maximum absolute atomic E-state index is 11.9. The lowest BCUT2D eigenvalue weighted by molar-refractivity contribution is -0.291. The highest BCUT2D eigenvalue weighted by molar-refractivity contribution is 5.91. The number of aliphatic hydroxyl groups is 3. The van der Waals surface area contributed by atoms with Gasteiger partial charge in [0.05, 0.1) is 5.56 Å². The van der Waals surface area contributed by atoms with Gasteiger partial charge in [-0.3, -0.25) is 0 Å². The van der Waals surface area contributed by atoms with Crippen molar-refractivity contribution < 1.29 is 49.6 Å². The molecule has 0 saturated carbocycles. The summed E-state index contributed by atoms with van der Waals surface area (Å²) in [4.78, 5) is 11.9. The van der Waals surface area contributed by atoms with Gasteiger partial charge in [-0.25, -0.2) is 4.79 Å². The van der Waals surface area contributed by atoms with E-state index in [0.717, 1.165) is 12.1 Å². The second kappa shape index (κ2) is 7.20. The first-order valence-electron chi connectivity index (χ1n) is 6.90. The molecule has 0 aliphatic carbocycles. The Morgan fingerprint density at radius 1 is 1.12 bits per heavy atom. The molecule has 1 fully saturated rings. The molecule has 134 valence electrons. The third kappa shape index (κ3) is 3.52. The van der Waals surface area contributed by atoms with E-state index in [9.17, 15) is 35.4 Å². The molecule has 1 aliphatic rings. The fourth-order valence-electron chi connectivity index (χ4n) is 2.28. The van der Waals surface area contributed by atoms with E-state index in [1.165, 1.54) is 7.11 Å². The topological polar surface area (TPSA) is 166 Å². The van der Waals surface area contributed by atoms with Crippen LogP contribution in [-0.4, -0.2) is 81.0 Å². The van der Waals surface area contributed by atoms with E-state index in [4.69, 9.17) is 14.2 Å². The van der Waals surface area contributed by atoms with Crippen molar-refractivity contribution in [1.82, 2.24) is 0 Å². The van der Waals surface area contributed by atoms with Crippen LogP contribution in [0.1, 0.15) is 10.4 Å². The first-order chi connectivity index (χ1) is 11.3. The number of benzene rings is 1. The molecule has 24 heavy (non-hydrogen) atoms. The Labute approximate surface area is 136 Å². The lowest BCUT2D eigenvalue weighted by Crippen LogP contribution is -2.59. The maximum atomic E-state index is 11.9. The van der Waals surface area contributed by atoms with Crippen LogP contribution in [-0.2, 0) is 14.2 Å². The molecule has 0 amide bonds. The van der Waals surface area contributed by atoms with Crippen LogP contribution < -0.4 is 0 Å². The monoisotopic (exact) mass is 346 g/mol. The zero-order valence-electron chi connectivity index (χ0n) is 12.6. The fourth-order valence-corrected chi connectivity index (χ4v) is 2.28. The van der Waals surface area contributed by atoms with E-state index in [1.807, 2.05) is 0 Å². The molecule has 0 unspecified atom stereocenters. The highest BCUT2D eigenvalue weighted by atomic mass is 16.7. The first kappa shape index (κ1) is 18.2. The maximum Gasteiger partial charge on any atom is 0.338 e. The average Bonchev–Trinajstić information content (AvgIpc) is 2.54. The van der Waals surface area contributed by atoms with Crippen LogP contribution in [0.15, 0.2) is 12.1 Å². The molecular weight excluding hydrogens is 328 g/mol. The van der Waals surface area contributed by atoms with Crippen LogP contribution in [0.4, 0.5) is 0 Å². The van der Waals surface area contributed by atoms with Crippen LogP contribution in [0.5, 0.6) is 17.2 Å². The lowest BCUT2D eigenvalue weighted by atomic mass is 9.99. The Morgan fingerprint density at radius 3 is 2.25 bits per heavy atom. The van der Waals surface area contributed by atoms with Crippen molar-refractivity contribution in [2.75, 3.05) is 13.7 Å². The summed E-state index contributed by atoms with van der Waals surface area (Å²) in [6.45, 7) is -0.521. The predicted molar refractivity (Wildman–Crippen MR) is 75.4 cm³/mol. The Balaban J connectivity index is 2.01. The molecule has 1 heterocycles. The van der Waals surface area contributed by atoms with Gasteiger partial charge in [0.25, 0.3) is 0 Å². The van der Waals surface area contributed by atoms with Crippen molar-refractivity contribution in [2.45, 2.75) is 30.7 Å². The minimum Gasteiger partial charge on any atom is -0.504 e. The zero-order chi connectivity index (χ0) is 18.0. The van der Waals surface area contributed by atoms with E-state index in [-0.39, 0.29) is 5.56 Å². The molecule has 1 aromatic rings. The standard InChI is InChI=1S/C14H18O10/c1-22-12-11(19)10(18)8(24-14(12)21)4-23-13(20)5-2-6(15)9(17)7(16)3-5/h2-3,8,10-12,14-19,21H,4H2,1H3/t8-,10-,11+,12-,14-/m1/s1. The van der Waals surface area contributed by atoms with Gasteiger partial charge in [0.2, 0.25) is 0 Å². The summed E-state index contributed by atoms with van der Waals surface area (Å²) in [5, 5.41) is 57.3. The number of esters is 1. The molecular formula is C14H18O10. The Bertz CT molecular complexity index is 580. The molecule has 1 saturated heterocycles. The number of hydrogen-bond donors (Lipinski definition) is 6. The van der Waals surface area contributed by atoms with Gasteiger partial charge < -0.3 is 44.8 Å². The van der Waals surface area contributed by atoms with Crippen LogP contribution in [0, 0.1) is 0 Å². The third-order valence-corrected chi connectivity index (χ3v) is 3.62. The van der Waals surface area contributed by atoms with Gasteiger partial charge in [-0.15, -0.1) is 0 Å². The largest absolute Gasteiger partial charge is 0.504 e. The Morgan fingerprint density at radius 2 is 1.71 bits per heavy atom. The quantitative estimate of drug-likeness (QED) is 0.276. The van der Waals surface area contributed by atoms with Crippen LogP contribution in [0.2, 0.25) is 0 Å². The molecule has 1 aromatic carbocycles. The van der Waals surface area contributed by atoms with Crippen molar-refractivity contribution in [1.29, 1.82) is 0 Å². The van der Waals surface area contributed by atoms with Crippen LogP contribution in [0.3, 0.4) is 0 Å². The number of methoxy groups -OCH3 is 1. The number of aromatic hydroxyl groups is 3. The molecule has 1 aliphatic heterocycles. The smallest absolute Gasteiger partial charge is 0.338 e. The summed E-state index contributed by atoms with van der Waals surface area (Å²) in [5.74, 6) is -3.21. The van der Waals surface area contributed by atoms with Crippen molar-refractivity contribution in [3.8, 4) is 17.2 Å². The number of hydrogen-bond acceptors (Lipinski definition) is 10. The number of phenolic OH excluding ortho intramolecular Hbond substituents is 3. The number of phenols is 3. The normalized spacial score (nSPS) is 30.1. The van der Waals surface area contributed by atoms with E-state index in [0.29, 0.717) is 0 Å². The summed E-state index contributed by atoms with van der Waals surface area (Å²) < 4.78 is 14.7. The molecule has 5 atom stereocenters. The number of carbonyl (C=O) groups is 1. The van der Waals surface area contributed by atoms with Crippen LogP contribution >= 0.6 is 0 Å². The third-order valence-electron chi connectivity index (χ3n) is 3.62. The molecule has 0 spiro atoms. The van der Waals surface area contributed by atoms with E-state index in [1.54, 1.807) is 0 Å². The van der Waals surface area contributed by atoms with E-state index in [2.05, 4.69) is 0 Å². The molecule has 0 radical (unpaired) electrons. The van der Waals surface area contributed by atoms with Crippen molar-refractivity contribution in [3.05, 3.63) is 17.7 Å². The number of ether oxygens (including phenoxy) is 3. The summed E-state index contributed by atoms with van der Waals surface area (Å²) in [7, 11) is 1.22. The summed E-state index contributed by atoms with van der Waals surface area (Å²) in [6, 6.07) is 1.75. The van der Waals surface area contributed by atoms with Gasteiger partial charge in [-0.2, -0.15) is 0 Å². The minimum atomic E-state index is -1.53. The van der Waals surface area contributed by atoms with Crippen LogP contribution in [0.25, 0.3) is 0 Å². The Hall–Kier alpha value is -2.11. The molecule has 10 nitrogen and oxygen atoms in total. The molecule has 6 N–H and O–H groups in total. The SMILES string of the molecule is CO[C@@H]1[C@@H](O)[C@H](O)[C@@H](COC(=O)c2cc(O)c(O)c(O)c2)O[C@H]1O. The van der Waals surface area contributed by atoms with E-state index >= 15 is 0 Å². The predicted octanol–water partition coefficient (Wildman–Crippen LogP) is -1.59. The minimum absolute atomic E-state index is 0.260. The molecule has 2 rings (SSSR count). The fraction of sp³-hybridized carbons (Fsp3) is 0.500. The van der Waals surface area contributed by atoms with Gasteiger partial charge in [0, 0.05) is 7.11 Å². The van der Waals surface area contributed by atoms with Crippen molar-refractivity contribution in [2.24, 2.45) is 0 Å². The summed E-state index contributed by atoms with van der Waals surface area (Å²) >= 11 is 0. The first-order valence-corrected chi connectivity index (χ1v) is 6.90. The summed E-state index contributed by atoms with van der Waals surface area (Å²) in [6.07, 6.45) is -6.83. The highest BCUT2D eigenvalue weighted by Crippen LogP contribution is 2.35. The highest BCUT2D eigenvalue weighted by Gasteiger charge is 2.44. The van der Waals surface area contributed by atoms with Gasteiger partial charge in [0.1, 0.15) is 31.0 Å². The lowest BCUT2D eigenvalue weighted by Gasteiger charge is -2.39. The number of aliphatic hydroxyl groups excluding tert-OH is 3. The number of carbonyl (C=O) groups excluding carboxylic acids is 1. The van der Waals surface area contributed by atoms with Crippen molar-refractivity contribution >= 4 is 5.97 Å². The molecule has 0 bridgehead atoms. The van der Waals surface area contributed by atoms with Gasteiger partial charge in [0.15, 0.2) is 23.5 Å². The van der Waals surface area contributed by atoms with Gasteiger partial charge in [-0.1, -0.05) is 0 Å². The second-order valence-corrected chi connectivity index (χ2v) is 5.21. The Kier molecular flexibility index (Phi) is 5.47. The van der Waals surface area contributed by atoms with Crippen molar-refractivity contribution in [3.63, 3.8) is 0 Å². The number of rotatable bonds is 4. The van der Waals surface area contributed by atoms with Gasteiger partial charge >= 0.3 is 5.97 Å². The zero-order valence-corrected chi connectivity index (χ0v) is 12.6. The molecule has 10 heteroatoms. The average molecular weight is 346 g/mol. The second-order valence-electron chi connectivity index (χ2n) is 5.21. The summed E-state index contributed by atoms with van der Waals surface area (Å²) in [5.41, 5.74) is -0.260. The van der Waals surface area contributed by atoms with Gasteiger partial charge in [-0.05, 0) is 12.1 Å².